The predicted octanol–water partition coefficient (Wildman–Crippen LogP) is 2.34. The third-order valence-corrected chi connectivity index (χ3v) is 10.3. The maximum atomic E-state index is 13.1. The first-order valence-corrected chi connectivity index (χ1v) is 14.6. The molecule has 3 aliphatic rings. The summed E-state index contributed by atoms with van der Waals surface area (Å²) in [5, 5.41) is 30.6. The minimum absolute atomic E-state index is 0.0193. The van der Waals surface area contributed by atoms with Gasteiger partial charge in [0.2, 0.25) is 5.91 Å². The quantitative estimate of drug-likeness (QED) is 0.462. The van der Waals surface area contributed by atoms with Gasteiger partial charge >= 0.3 is 0 Å². The summed E-state index contributed by atoms with van der Waals surface area (Å²) in [6, 6.07) is 6.27. The van der Waals surface area contributed by atoms with Gasteiger partial charge in [-0.25, -0.2) is 0 Å². The first-order chi connectivity index (χ1) is 18.3. The van der Waals surface area contributed by atoms with Crippen LogP contribution in [0.3, 0.4) is 0 Å². The minimum atomic E-state index is -0.727. The van der Waals surface area contributed by atoms with Crippen LogP contribution in [-0.4, -0.2) is 81.0 Å². The van der Waals surface area contributed by atoms with Crippen molar-refractivity contribution in [1.29, 1.82) is 5.26 Å². The highest BCUT2D eigenvalue weighted by Gasteiger charge is 2.54. The lowest BCUT2D eigenvalue weighted by Gasteiger charge is -2.34. The van der Waals surface area contributed by atoms with Gasteiger partial charge in [0.1, 0.15) is 6.04 Å². The number of nitriles is 1. The topological polar surface area (TPSA) is 131 Å². The number of rotatable bonds is 7. The van der Waals surface area contributed by atoms with Crippen LogP contribution in [0.4, 0.5) is 0 Å². The number of fused-ring (bicyclic) bond motifs is 3. The zero-order valence-corrected chi connectivity index (χ0v) is 23.2. The summed E-state index contributed by atoms with van der Waals surface area (Å²) < 4.78 is 0. The van der Waals surface area contributed by atoms with Crippen LogP contribution in [0, 0.1) is 17.2 Å². The molecule has 2 N–H and O–H groups in total. The van der Waals surface area contributed by atoms with Crippen LogP contribution >= 0.6 is 22.7 Å². The second kappa shape index (κ2) is 9.55. The molecule has 2 amide bonds. The number of amides is 2. The Morgan fingerprint density at radius 2 is 2.13 bits per heavy atom. The molecule has 0 spiro atoms. The van der Waals surface area contributed by atoms with E-state index in [1.54, 1.807) is 46.6 Å². The number of H-pyrrole nitrogens is 1. The van der Waals surface area contributed by atoms with E-state index < -0.39 is 5.41 Å². The molecule has 1 unspecified atom stereocenters. The number of hydrogen-bond donors (Lipinski definition) is 2. The maximum absolute atomic E-state index is 13.1. The molecule has 0 bridgehead atoms. The number of carbonyl (C=O) groups excluding carboxylic acids is 2. The van der Waals surface area contributed by atoms with E-state index in [0.717, 1.165) is 41.7 Å². The molecular formula is C26H30N8O2S2. The number of aromatic nitrogens is 4. The van der Waals surface area contributed by atoms with Crippen molar-refractivity contribution in [2.45, 2.75) is 62.6 Å². The van der Waals surface area contributed by atoms with Gasteiger partial charge in [0.15, 0.2) is 5.82 Å². The number of nitrogens with zero attached hydrogens (tertiary/aromatic N) is 6. The number of thiophene rings is 2. The van der Waals surface area contributed by atoms with Crippen LogP contribution in [-0.2, 0) is 23.1 Å². The van der Waals surface area contributed by atoms with Crippen molar-refractivity contribution in [3.8, 4) is 6.07 Å². The largest absolute Gasteiger partial charge is 0.344 e. The van der Waals surface area contributed by atoms with E-state index in [1.165, 1.54) is 4.88 Å². The Balaban J connectivity index is 1.34. The van der Waals surface area contributed by atoms with Gasteiger partial charge in [-0.05, 0) is 73.6 Å². The average molecular weight is 551 g/mol. The number of piperidine rings is 1. The molecule has 38 heavy (non-hydrogen) atoms. The highest BCUT2D eigenvalue weighted by atomic mass is 32.1. The summed E-state index contributed by atoms with van der Waals surface area (Å²) in [6.45, 7) is 2.23. The fourth-order valence-corrected chi connectivity index (χ4v) is 8.51. The summed E-state index contributed by atoms with van der Waals surface area (Å²) in [7, 11) is 3.53. The lowest BCUT2D eigenvalue weighted by atomic mass is 9.70. The lowest BCUT2D eigenvalue weighted by molar-refractivity contribution is -0.131. The second-order valence-electron chi connectivity index (χ2n) is 10.8. The number of aryl methyl sites for hydroxylation is 2. The fraction of sp³-hybridized carbons (Fsp3) is 0.538. The molecule has 6 rings (SSSR count). The number of aromatic amines is 1. The van der Waals surface area contributed by atoms with Crippen LogP contribution in [0.25, 0.3) is 0 Å². The van der Waals surface area contributed by atoms with E-state index in [4.69, 9.17) is 0 Å². The zero-order chi connectivity index (χ0) is 26.6. The molecule has 0 aromatic carbocycles. The van der Waals surface area contributed by atoms with Gasteiger partial charge in [-0.3, -0.25) is 9.59 Å². The molecule has 1 saturated heterocycles. The molecule has 12 heteroatoms. The van der Waals surface area contributed by atoms with Gasteiger partial charge in [0.05, 0.1) is 22.9 Å². The number of carbonyl (C=O) groups is 2. The van der Waals surface area contributed by atoms with Crippen LogP contribution in [0.1, 0.15) is 62.6 Å². The highest BCUT2D eigenvalue weighted by Crippen LogP contribution is 2.50. The van der Waals surface area contributed by atoms with Crippen molar-refractivity contribution in [2.75, 3.05) is 20.6 Å². The number of hydrogen-bond acceptors (Lipinski definition) is 9. The molecule has 3 aromatic heterocycles. The normalized spacial score (nSPS) is 26.1. The maximum Gasteiger partial charge on any atom is 0.263 e. The fourth-order valence-electron chi connectivity index (χ4n) is 6.30. The van der Waals surface area contributed by atoms with Gasteiger partial charge in [-0.2, -0.15) is 10.5 Å². The average Bonchev–Trinajstić information content (AvgIpc) is 3.43. The van der Waals surface area contributed by atoms with Crippen molar-refractivity contribution in [3.63, 3.8) is 0 Å². The van der Waals surface area contributed by atoms with Crippen molar-refractivity contribution in [1.82, 2.24) is 35.7 Å². The van der Waals surface area contributed by atoms with E-state index in [0.29, 0.717) is 23.0 Å². The van der Waals surface area contributed by atoms with E-state index in [9.17, 15) is 14.9 Å². The molecular weight excluding hydrogens is 520 g/mol. The molecule has 4 heterocycles. The Kier molecular flexibility index (Phi) is 6.32. The highest BCUT2D eigenvalue weighted by molar-refractivity contribution is 7.14. The Bertz CT molecular complexity index is 1410. The number of likely N-dealkylation sites (tertiary alicyclic amines) is 1. The molecule has 2 aliphatic carbocycles. The summed E-state index contributed by atoms with van der Waals surface area (Å²) in [5.74, 6) is 1.01. The molecule has 2 fully saturated rings. The standard InChI is InChI=1S/C26H30N8O2S2/c1-14(28-13-23(35)34-16(12-27)8-15-9-19(15)34)11-26(25-29-31-32-30-25)17-6-7-37-20(17)4-5-21-18(26)10-22(38-21)24(36)33(2)3/h6-7,10,14-16,19,28H,4-5,8-9,11,13H2,1-3H3,(H,29,30,31,32)/t14-,15-,16+,19+,26?/m1/s1. The molecule has 0 radical (unpaired) electrons. The molecule has 1 saturated carbocycles. The van der Waals surface area contributed by atoms with Crippen molar-refractivity contribution in [3.05, 3.63) is 49.1 Å². The van der Waals surface area contributed by atoms with Gasteiger partial charge < -0.3 is 15.1 Å². The summed E-state index contributed by atoms with van der Waals surface area (Å²) in [5.41, 5.74) is 1.44. The zero-order valence-electron chi connectivity index (χ0n) is 21.6. The minimum Gasteiger partial charge on any atom is -0.344 e. The van der Waals surface area contributed by atoms with Crippen LogP contribution in [0.2, 0.25) is 0 Å². The Morgan fingerprint density at radius 3 is 2.87 bits per heavy atom. The van der Waals surface area contributed by atoms with Crippen LogP contribution < -0.4 is 5.32 Å². The lowest BCUT2D eigenvalue weighted by Crippen LogP contribution is -2.46. The summed E-state index contributed by atoms with van der Waals surface area (Å²) >= 11 is 3.27. The molecule has 5 atom stereocenters. The molecule has 10 nitrogen and oxygen atoms in total. The van der Waals surface area contributed by atoms with E-state index in [1.807, 2.05) is 6.07 Å². The van der Waals surface area contributed by atoms with Crippen molar-refractivity contribution >= 4 is 34.5 Å². The Hall–Kier alpha value is -3.14. The second-order valence-corrected chi connectivity index (χ2v) is 12.9. The smallest absolute Gasteiger partial charge is 0.263 e. The summed E-state index contributed by atoms with van der Waals surface area (Å²) in [4.78, 5) is 32.6. The number of nitrogens with one attached hydrogen (secondary N) is 2. The van der Waals surface area contributed by atoms with Gasteiger partial charge in [0.25, 0.3) is 5.91 Å². The van der Waals surface area contributed by atoms with E-state index in [2.05, 4.69) is 50.4 Å². The van der Waals surface area contributed by atoms with Crippen molar-refractivity contribution < 1.29 is 9.59 Å². The first-order valence-electron chi connectivity index (χ1n) is 12.9. The monoisotopic (exact) mass is 550 g/mol. The molecule has 1 aliphatic heterocycles. The number of tetrazole rings is 1. The molecule has 3 aromatic rings. The Labute approximate surface area is 229 Å². The SMILES string of the molecule is C[C@H](CC1(c2nn[nH]n2)c2ccsc2CCc2sc(C(=O)N(C)C)cc21)NCC(=O)N1[C@H](C#N)C[C@@H]2C[C@@H]21. The summed E-state index contributed by atoms with van der Waals surface area (Å²) in [6.07, 6.45) is 4.09. The van der Waals surface area contributed by atoms with Gasteiger partial charge in [0, 0.05) is 35.9 Å². The van der Waals surface area contributed by atoms with Crippen LogP contribution in [0.5, 0.6) is 0 Å². The van der Waals surface area contributed by atoms with Crippen molar-refractivity contribution in [2.24, 2.45) is 5.92 Å². The van der Waals surface area contributed by atoms with E-state index in [-0.39, 0.29) is 36.5 Å². The molecule has 198 valence electrons. The first kappa shape index (κ1) is 25.2. The Morgan fingerprint density at radius 1 is 1.32 bits per heavy atom. The predicted molar refractivity (Wildman–Crippen MR) is 143 cm³/mol. The van der Waals surface area contributed by atoms with E-state index >= 15 is 0 Å². The third kappa shape index (κ3) is 4.04. The third-order valence-electron chi connectivity index (χ3n) is 8.15. The van der Waals surface area contributed by atoms with Gasteiger partial charge in [-0.15, -0.1) is 32.9 Å². The van der Waals surface area contributed by atoms with Crippen LogP contribution in [0.15, 0.2) is 17.5 Å². The van der Waals surface area contributed by atoms with Gasteiger partial charge in [-0.1, -0.05) is 5.21 Å².